The molecular weight excluding hydrogens is 158 g/mol. The number of benzene rings is 1. The summed E-state index contributed by atoms with van der Waals surface area (Å²) in [5.41, 5.74) is 2.77. The van der Waals surface area contributed by atoms with Crippen LogP contribution in [0, 0.1) is 17.2 Å². The molecule has 0 saturated heterocycles. The Balaban J connectivity index is 1.94. The van der Waals surface area contributed by atoms with Gasteiger partial charge in [0.2, 0.25) is 0 Å². The molecule has 0 atom stereocenters. The Morgan fingerprint density at radius 1 is 1.15 bits per heavy atom. The van der Waals surface area contributed by atoms with Crippen LogP contribution >= 0.6 is 0 Å². The molecule has 64 valence electrons. The van der Waals surface area contributed by atoms with Crippen molar-refractivity contribution in [3.63, 3.8) is 0 Å². The van der Waals surface area contributed by atoms with E-state index in [2.05, 4.69) is 18.2 Å². The molecule has 0 N–H and O–H groups in total. The second kappa shape index (κ2) is 2.14. The smallest absolute Gasteiger partial charge is 0.0991 e. The van der Waals surface area contributed by atoms with Gasteiger partial charge in [-0.2, -0.15) is 5.26 Å². The molecule has 4 rings (SSSR count). The summed E-state index contributed by atoms with van der Waals surface area (Å²) in [7, 11) is 0. The molecule has 2 bridgehead atoms. The van der Waals surface area contributed by atoms with E-state index in [4.69, 9.17) is 5.26 Å². The lowest BCUT2D eigenvalue weighted by Gasteiger charge is -2.62. The van der Waals surface area contributed by atoms with Gasteiger partial charge in [-0.1, -0.05) is 12.1 Å². The van der Waals surface area contributed by atoms with Crippen LogP contribution in [0.25, 0.3) is 0 Å². The van der Waals surface area contributed by atoms with Crippen LogP contribution in [-0.2, 0) is 5.41 Å². The minimum absolute atomic E-state index is 0.540. The topological polar surface area (TPSA) is 23.8 Å². The van der Waals surface area contributed by atoms with Crippen molar-refractivity contribution in [1.29, 1.82) is 5.26 Å². The average molecular weight is 169 g/mol. The molecule has 1 heteroatoms. The van der Waals surface area contributed by atoms with Gasteiger partial charge in [-0.05, 0) is 48.3 Å². The van der Waals surface area contributed by atoms with Gasteiger partial charge >= 0.3 is 0 Å². The lowest BCUT2D eigenvalue weighted by atomic mass is 9.42. The highest BCUT2D eigenvalue weighted by atomic mass is 14.6. The van der Waals surface area contributed by atoms with Crippen LogP contribution in [0.3, 0.4) is 0 Å². The summed E-state index contributed by atoms with van der Waals surface area (Å²) in [5.74, 6) is 1.02. The Hall–Kier alpha value is -1.29. The van der Waals surface area contributed by atoms with Crippen molar-refractivity contribution >= 4 is 0 Å². The summed E-state index contributed by atoms with van der Waals surface area (Å²) in [6.45, 7) is 0. The van der Waals surface area contributed by atoms with Crippen LogP contribution in [-0.4, -0.2) is 0 Å². The minimum Gasteiger partial charge on any atom is -0.192 e. The highest BCUT2D eigenvalue weighted by Crippen LogP contribution is 2.64. The Kier molecular flexibility index (Phi) is 1.18. The Labute approximate surface area is 78.0 Å². The number of hydrogen-bond acceptors (Lipinski definition) is 1. The molecule has 3 aliphatic carbocycles. The number of rotatable bonds is 1. The molecule has 3 saturated carbocycles. The zero-order valence-electron chi connectivity index (χ0n) is 7.46. The Morgan fingerprint density at radius 2 is 1.77 bits per heavy atom. The van der Waals surface area contributed by atoms with E-state index in [1.165, 1.54) is 24.8 Å². The van der Waals surface area contributed by atoms with E-state index in [0.717, 1.165) is 11.5 Å². The van der Waals surface area contributed by atoms with E-state index >= 15 is 0 Å². The quantitative estimate of drug-likeness (QED) is 0.634. The van der Waals surface area contributed by atoms with Crippen LogP contribution in [0.1, 0.15) is 30.4 Å². The summed E-state index contributed by atoms with van der Waals surface area (Å²) >= 11 is 0. The summed E-state index contributed by atoms with van der Waals surface area (Å²) in [6.07, 6.45) is 4.16. The largest absolute Gasteiger partial charge is 0.192 e. The monoisotopic (exact) mass is 169 g/mol. The molecule has 1 nitrogen and oxygen atoms in total. The standard InChI is InChI=1S/C12H11N/c13-8-9-1-3-11(4-2-9)12-5-10(6-12)7-12/h1-4,10H,5-7H2. The molecule has 0 aliphatic heterocycles. The highest BCUT2D eigenvalue weighted by Gasteiger charge is 2.57. The number of nitrogens with zero attached hydrogens (tertiary/aromatic N) is 1. The second-order valence-electron chi connectivity index (χ2n) is 4.45. The third-order valence-corrected chi connectivity index (χ3v) is 3.66. The number of hydrogen-bond donors (Lipinski definition) is 0. The van der Waals surface area contributed by atoms with Gasteiger partial charge in [-0.25, -0.2) is 0 Å². The first-order valence-corrected chi connectivity index (χ1v) is 4.83. The van der Waals surface area contributed by atoms with Crippen molar-refractivity contribution < 1.29 is 0 Å². The van der Waals surface area contributed by atoms with Crippen LogP contribution < -0.4 is 0 Å². The van der Waals surface area contributed by atoms with Crippen molar-refractivity contribution in [1.82, 2.24) is 0 Å². The van der Waals surface area contributed by atoms with Crippen LogP contribution in [0.2, 0.25) is 0 Å². The maximum absolute atomic E-state index is 8.66. The molecule has 0 spiro atoms. The summed E-state index contributed by atoms with van der Waals surface area (Å²) < 4.78 is 0. The van der Waals surface area contributed by atoms with Gasteiger partial charge in [0, 0.05) is 0 Å². The molecule has 3 fully saturated rings. The van der Waals surface area contributed by atoms with E-state index < -0.39 is 0 Å². The van der Waals surface area contributed by atoms with Gasteiger partial charge in [-0.15, -0.1) is 0 Å². The third kappa shape index (κ3) is 0.808. The molecule has 0 radical (unpaired) electrons. The van der Waals surface area contributed by atoms with E-state index in [9.17, 15) is 0 Å². The van der Waals surface area contributed by atoms with E-state index in [0.29, 0.717) is 5.41 Å². The maximum atomic E-state index is 8.66. The first kappa shape index (κ1) is 7.15. The molecule has 0 unspecified atom stereocenters. The summed E-state index contributed by atoms with van der Waals surface area (Å²) in [5, 5.41) is 8.66. The van der Waals surface area contributed by atoms with Crippen LogP contribution in [0.4, 0.5) is 0 Å². The maximum Gasteiger partial charge on any atom is 0.0991 e. The Bertz CT molecular complexity index is 366. The van der Waals surface area contributed by atoms with Crippen LogP contribution in [0.15, 0.2) is 24.3 Å². The minimum atomic E-state index is 0.540. The second-order valence-corrected chi connectivity index (χ2v) is 4.45. The lowest BCUT2D eigenvalue weighted by molar-refractivity contribution is -0.0273. The predicted molar refractivity (Wildman–Crippen MR) is 50.2 cm³/mol. The van der Waals surface area contributed by atoms with Gasteiger partial charge in [0.25, 0.3) is 0 Å². The van der Waals surface area contributed by atoms with Gasteiger partial charge in [0.05, 0.1) is 11.6 Å². The SMILES string of the molecule is N#Cc1ccc(C23CC(C2)C3)cc1. The first-order valence-electron chi connectivity index (χ1n) is 4.83. The van der Waals surface area contributed by atoms with Gasteiger partial charge in [-0.3, -0.25) is 0 Å². The van der Waals surface area contributed by atoms with Crippen molar-refractivity contribution in [3.05, 3.63) is 35.4 Å². The Morgan fingerprint density at radius 3 is 2.15 bits per heavy atom. The van der Waals surface area contributed by atoms with Crippen molar-refractivity contribution in [2.24, 2.45) is 5.92 Å². The number of nitriles is 1. The van der Waals surface area contributed by atoms with Crippen molar-refractivity contribution in [2.75, 3.05) is 0 Å². The lowest BCUT2D eigenvalue weighted by Crippen LogP contribution is -2.55. The van der Waals surface area contributed by atoms with E-state index in [1.54, 1.807) is 0 Å². The fraction of sp³-hybridized carbons (Fsp3) is 0.417. The predicted octanol–water partition coefficient (Wildman–Crippen LogP) is 2.61. The summed E-state index contributed by atoms with van der Waals surface area (Å²) in [6, 6.07) is 10.3. The first-order chi connectivity index (χ1) is 6.32. The molecule has 0 amide bonds. The normalized spacial score (nSPS) is 34.2. The molecule has 1 aromatic rings. The molecule has 3 aliphatic rings. The van der Waals surface area contributed by atoms with Gasteiger partial charge < -0.3 is 0 Å². The molecule has 13 heavy (non-hydrogen) atoms. The van der Waals surface area contributed by atoms with Crippen LogP contribution in [0.5, 0.6) is 0 Å². The van der Waals surface area contributed by atoms with Gasteiger partial charge in [0.15, 0.2) is 0 Å². The fourth-order valence-corrected chi connectivity index (χ4v) is 2.73. The fourth-order valence-electron chi connectivity index (χ4n) is 2.73. The van der Waals surface area contributed by atoms with Crippen molar-refractivity contribution in [3.8, 4) is 6.07 Å². The van der Waals surface area contributed by atoms with Crippen molar-refractivity contribution in [2.45, 2.75) is 24.7 Å². The van der Waals surface area contributed by atoms with E-state index in [1.807, 2.05) is 12.1 Å². The molecule has 1 aromatic carbocycles. The molecule has 0 heterocycles. The third-order valence-electron chi connectivity index (χ3n) is 3.66. The van der Waals surface area contributed by atoms with E-state index in [-0.39, 0.29) is 0 Å². The highest BCUT2D eigenvalue weighted by molar-refractivity contribution is 5.39. The summed E-state index contributed by atoms with van der Waals surface area (Å²) in [4.78, 5) is 0. The zero-order chi connectivity index (χ0) is 8.89. The molecule has 0 aromatic heterocycles. The molecular formula is C12H11N. The average Bonchev–Trinajstić information content (AvgIpc) is 2.00. The zero-order valence-corrected chi connectivity index (χ0v) is 7.46. The van der Waals surface area contributed by atoms with Gasteiger partial charge in [0.1, 0.15) is 0 Å².